The number of hydrogen-bond acceptors (Lipinski definition) is 1. The van der Waals surface area contributed by atoms with Crippen LogP contribution in [0.4, 0.5) is 0 Å². The molecule has 0 amide bonds. The normalized spacial score (nSPS) is 49.3. The highest BCUT2D eigenvalue weighted by atomic mass is 35.5. The summed E-state index contributed by atoms with van der Waals surface area (Å²) < 4.78 is 5.41. The van der Waals surface area contributed by atoms with Crippen LogP contribution < -0.4 is 0 Å². The van der Waals surface area contributed by atoms with Crippen molar-refractivity contribution in [1.82, 2.24) is 0 Å². The van der Waals surface area contributed by atoms with Crippen LogP contribution in [0.25, 0.3) is 0 Å². The van der Waals surface area contributed by atoms with Crippen molar-refractivity contribution in [2.45, 2.75) is 39.9 Å². The van der Waals surface area contributed by atoms with Gasteiger partial charge in [0.1, 0.15) is 0 Å². The van der Waals surface area contributed by atoms with Crippen molar-refractivity contribution in [3.8, 4) is 0 Å². The zero-order valence-corrected chi connectivity index (χ0v) is 11.2. The summed E-state index contributed by atoms with van der Waals surface area (Å²) in [7, 11) is 0. The van der Waals surface area contributed by atoms with Crippen molar-refractivity contribution in [3.63, 3.8) is 0 Å². The maximum Gasteiger partial charge on any atom is 0.0931 e. The number of ether oxygens (including phenoxy) is 1. The molecule has 1 nitrogen and oxygen atoms in total. The summed E-state index contributed by atoms with van der Waals surface area (Å²) in [5, 5.41) is -2.09. The van der Waals surface area contributed by atoms with Gasteiger partial charge in [-0.25, -0.2) is 0 Å². The lowest BCUT2D eigenvalue weighted by molar-refractivity contribution is 0.0457. The van der Waals surface area contributed by atoms with Gasteiger partial charge in [-0.05, 0) is 6.92 Å². The van der Waals surface area contributed by atoms with Crippen molar-refractivity contribution in [2.75, 3.05) is 6.61 Å². The zero-order valence-electron chi connectivity index (χ0n) is 7.47. The lowest BCUT2D eigenvalue weighted by atomic mass is 9.95. The van der Waals surface area contributed by atoms with E-state index in [0.717, 1.165) is 0 Å². The van der Waals surface area contributed by atoms with E-state index < -0.39 is 26.9 Å². The number of halogens is 5. The lowest BCUT2D eigenvalue weighted by Crippen LogP contribution is -2.55. The smallest absolute Gasteiger partial charge is 0.0931 e. The Kier molecular flexibility index (Phi) is 5.44. The highest BCUT2D eigenvalue weighted by Gasteiger charge is 2.48. The Morgan fingerprint density at radius 3 is 1.50 bits per heavy atom. The molecule has 0 bridgehead atoms. The average Bonchev–Trinajstić information content (AvgIpc) is 2.19. The van der Waals surface area contributed by atoms with Crippen LogP contribution in [0, 0.1) is 0 Å². The standard InChI is InChI=1S/C8H11Cl5O/c1-2-14-8-6(12)4(10)3(9)5(11)7(8)13/h3-8H,2H2,1H3/t3?,4-,5-,6+,7+,8?/m0/s1. The first-order chi connectivity index (χ1) is 6.50. The van der Waals surface area contributed by atoms with Crippen LogP contribution >= 0.6 is 58.0 Å². The summed E-state index contributed by atoms with van der Waals surface area (Å²) in [5.74, 6) is 0. The molecule has 0 aromatic heterocycles. The van der Waals surface area contributed by atoms with Gasteiger partial charge in [0.25, 0.3) is 0 Å². The molecule has 0 aromatic rings. The van der Waals surface area contributed by atoms with Gasteiger partial charge in [-0.1, -0.05) is 0 Å². The Bertz CT molecular complexity index is 175. The second-order valence-electron chi connectivity index (χ2n) is 3.14. The van der Waals surface area contributed by atoms with Gasteiger partial charge in [0.15, 0.2) is 0 Å². The molecule has 1 fully saturated rings. The molecule has 0 spiro atoms. The van der Waals surface area contributed by atoms with E-state index in [4.69, 9.17) is 62.7 Å². The quantitative estimate of drug-likeness (QED) is 0.710. The molecule has 1 rings (SSSR count). The minimum atomic E-state index is -0.431. The van der Waals surface area contributed by atoms with Crippen LogP contribution in [0.1, 0.15) is 6.92 Å². The van der Waals surface area contributed by atoms with Crippen LogP contribution in [0.15, 0.2) is 0 Å². The van der Waals surface area contributed by atoms with Crippen molar-refractivity contribution in [3.05, 3.63) is 0 Å². The monoisotopic (exact) mass is 298 g/mol. The Morgan fingerprint density at radius 2 is 1.14 bits per heavy atom. The molecule has 1 aliphatic carbocycles. The van der Waals surface area contributed by atoms with Crippen molar-refractivity contribution < 1.29 is 4.74 Å². The summed E-state index contributed by atoms with van der Waals surface area (Å²) in [6.45, 7) is 2.39. The first kappa shape index (κ1) is 13.5. The van der Waals surface area contributed by atoms with Crippen molar-refractivity contribution in [2.24, 2.45) is 0 Å². The lowest BCUT2D eigenvalue weighted by Gasteiger charge is -2.40. The Morgan fingerprint density at radius 1 is 0.786 bits per heavy atom. The summed E-state index contributed by atoms with van der Waals surface area (Å²) in [6, 6.07) is 0. The summed E-state index contributed by atoms with van der Waals surface area (Å²) in [5.41, 5.74) is 0. The second kappa shape index (κ2) is 5.65. The van der Waals surface area contributed by atoms with Gasteiger partial charge in [0, 0.05) is 6.61 Å². The predicted octanol–water partition coefficient (Wildman–Crippen LogP) is 3.44. The number of rotatable bonds is 2. The molecule has 1 saturated carbocycles. The zero-order chi connectivity index (χ0) is 10.9. The number of hydrogen-bond donors (Lipinski definition) is 0. The Hall–Kier alpha value is 1.41. The third kappa shape index (κ3) is 2.56. The van der Waals surface area contributed by atoms with E-state index >= 15 is 0 Å². The molecule has 0 saturated heterocycles. The fraction of sp³-hybridized carbons (Fsp3) is 1.00. The third-order valence-corrected chi connectivity index (χ3v) is 5.39. The average molecular weight is 300 g/mol. The fourth-order valence-electron chi connectivity index (χ4n) is 1.44. The van der Waals surface area contributed by atoms with Gasteiger partial charge in [0.05, 0.1) is 33.0 Å². The van der Waals surface area contributed by atoms with E-state index in [0.29, 0.717) is 6.61 Å². The highest BCUT2D eigenvalue weighted by Crippen LogP contribution is 2.38. The maximum atomic E-state index is 6.08. The minimum absolute atomic E-state index is 0.344. The van der Waals surface area contributed by atoms with E-state index in [1.54, 1.807) is 0 Å². The van der Waals surface area contributed by atoms with Crippen LogP contribution in [0.2, 0.25) is 0 Å². The van der Waals surface area contributed by atoms with Gasteiger partial charge < -0.3 is 4.74 Å². The minimum Gasteiger partial charge on any atom is -0.375 e. The van der Waals surface area contributed by atoms with E-state index in [1.807, 2.05) is 6.92 Å². The maximum absolute atomic E-state index is 6.08. The molecule has 0 radical (unpaired) electrons. The molecule has 0 aliphatic heterocycles. The van der Waals surface area contributed by atoms with Gasteiger partial charge in [-0.15, -0.1) is 58.0 Å². The molecule has 0 unspecified atom stereocenters. The molecule has 84 valence electrons. The topological polar surface area (TPSA) is 9.23 Å². The predicted molar refractivity (Wildman–Crippen MR) is 63.6 cm³/mol. The Labute approximate surface area is 109 Å². The van der Waals surface area contributed by atoms with E-state index in [-0.39, 0.29) is 6.10 Å². The largest absolute Gasteiger partial charge is 0.375 e. The molecule has 0 aromatic carbocycles. The second-order valence-corrected chi connectivity index (χ2v) is 5.66. The number of alkyl halides is 5. The molecule has 6 heteroatoms. The van der Waals surface area contributed by atoms with Crippen LogP contribution in [0.3, 0.4) is 0 Å². The fourth-order valence-corrected chi connectivity index (χ4v) is 3.43. The van der Waals surface area contributed by atoms with E-state index in [2.05, 4.69) is 0 Å². The van der Waals surface area contributed by atoms with Gasteiger partial charge in [0.2, 0.25) is 0 Å². The van der Waals surface area contributed by atoms with Gasteiger partial charge in [-0.3, -0.25) is 0 Å². The third-order valence-electron chi connectivity index (χ3n) is 2.20. The first-order valence-corrected chi connectivity index (χ1v) is 6.50. The van der Waals surface area contributed by atoms with E-state index in [9.17, 15) is 0 Å². The van der Waals surface area contributed by atoms with Crippen molar-refractivity contribution >= 4 is 58.0 Å². The highest BCUT2D eigenvalue weighted by molar-refractivity contribution is 6.41. The molecule has 1 aliphatic rings. The molecule has 4 atom stereocenters. The summed E-state index contributed by atoms with van der Waals surface area (Å²) in [6.07, 6.45) is -0.344. The van der Waals surface area contributed by atoms with Gasteiger partial charge >= 0.3 is 0 Å². The summed E-state index contributed by atoms with van der Waals surface area (Å²) in [4.78, 5) is 0. The van der Waals surface area contributed by atoms with E-state index in [1.165, 1.54) is 0 Å². The van der Waals surface area contributed by atoms with Crippen molar-refractivity contribution in [1.29, 1.82) is 0 Å². The van der Waals surface area contributed by atoms with Crippen LogP contribution in [-0.4, -0.2) is 39.6 Å². The summed E-state index contributed by atoms with van der Waals surface area (Å²) >= 11 is 30.2. The molecular formula is C8H11Cl5O. The molecule has 0 heterocycles. The molecule has 14 heavy (non-hydrogen) atoms. The first-order valence-electron chi connectivity index (χ1n) is 4.32. The van der Waals surface area contributed by atoms with Crippen LogP contribution in [-0.2, 0) is 4.74 Å². The molecule has 0 N–H and O–H groups in total. The molecular weight excluding hydrogens is 289 g/mol. The van der Waals surface area contributed by atoms with Crippen LogP contribution in [0.5, 0.6) is 0 Å². The van der Waals surface area contributed by atoms with Gasteiger partial charge in [-0.2, -0.15) is 0 Å². The SMILES string of the molecule is CCOC1[C@H](Cl)[C@@H](Cl)C(Cl)[C@H](Cl)[C@H]1Cl. The Balaban J connectivity index is 2.75.